The summed E-state index contributed by atoms with van der Waals surface area (Å²) in [5.74, 6) is 1.18. The highest BCUT2D eigenvalue weighted by molar-refractivity contribution is 5.91. The normalized spacial score (nSPS) is 18.9. The highest BCUT2D eigenvalue weighted by Crippen LogP contribution is 2.37. The molecule has 2 aromatic heterocycles. The Kier molecular flexibility index (Phi) is 10.7. The number of aromatic amines is 2. The molecule has 55 heavy (non-hydrogen) atoms. The second-order valence-electron chi connectivity index (χ2n) is 15.5. The number of fused-ring (bicyclic) bond motifs is 1. The maximum atomic E-state index is 13.7. The lowest BCUT2D eigenvalue weighted by Crippen LogP contribution is -2.51. The van der Waals surface area contributed by atoms with Crippen molar-refractivity contribution in [3.63, 3.8) is 0 Å². The van der Waals surface area contributed by atoms with E-state index in [0.717, 1.165) is 69.6 Å². The average Bonchev–Trinajstić information content (AvgIpc) is 4.02. The third kappa shape index (κ3) is 7.83. The zero-order valence-corrected chi connectivity index (χ0v) is 32.0. The van der Waals surface area contributed by atoms with Crippen LogP contribution in [0.1, 0.15) is 77.1 Å². The molecule has 4 heterocycles. The van der Waals surface area contributed by atoms with Gasteiger partial charge in [-0.25, -0.2) is 14.8 Å². The Morgan fingerprint density at radius 3 is 2.09 bits per heavy atom. The van der Waals surface area contributed by atoms with Crippen molar-refractivity contribution in [3.05, 3.63) is 84.7 Å². The fourth-order valence-electron chi connectivity index (χ4n) is 7.87. The van der Waals surface area contributed by atoms with Crippen LogP contribution in [-0.4, -0.2) is 73.9 Å². The Bertz CT molecular complexity index is 2230. The molecule has 2 aliphatic heterocycles. The van der Waals surface area contributed by atoms with Crippen LogP contribution in [0.15, 0.2) is 73.1 Å². The van der Waals surface area contributed by atoms with Gasteiger partial charge in [0, 0.05) is 25.1 Å². The minimum Gasteiger partial charge on any atom is -0.453 e. The predicted octanol–water partition coefficient (Wildman–Crippen LogP) is 7.79. The molecule has 12 nitrogen and oxygen atoms in total. The minimum atomic E-state index is -0.794. The number of nitrogens with one attached hydrogen (secondary N) is 3. The summed E-state index contributed by atoms with van der Waals surface area (Å²) in [5, 5.41) is 14.6. The standard InChI is InChI=1S/C43H48N8O4/c1-25(2)17-38(52)50-16-6-7-36(50)40-45-23-35(48-40)33-15-14-31-19-30(12-13-32(31)20-33)28-8-10-29(11-9-28)34-22-46-41(47-34)37-18-27(21-44)24-51(37)42(53)39(26(3)4)49-43(54)55-5/h8-15,19-20,22-23,25-27,36-37,39H,6-7,16-18,24H2,1-5H3,(H,45,48)(H,46,47)(H,49,54)/t27-,36+,37+,39+/m1/s1. The molecule has 2 saturated heterocycles. The van der Waals surface area contributed by atoms with Crippen LogP contribution >= 0.6 is 0 Å². The molecular weight excluding hydrogens is 693 g/mol. The number of hydrogen-bond acceptors (Lipinski definition) is 7. The Hall–Kier alpha value is -5.96. The van der Waals surface area contributed by atoms with E-state index < -0.39 is 18.2 Å². The second kappa shape index (κ2) is 15.8. The Balaban J connectivity index is 1.05. The van der Waals surface area contributed by atoms with Crippen molar-refractivity contribution in [3.8, 4) is 39.7 Å². The summed E-state index contributed by atoms with van der Waals surface area (Å²) >= 11 is 0. The van der Waals surface area contributed by atoms with Crippen molar-refractivity contribution in [1.29, 1.82) is 5.26 Å². The summed E-state index contributed by atoms with van der Waals surface area (Å²) in [6, 6.07) is 22.2. The number of H-pyrrole nitrogens is 2. The number of amides is 3. The number of aromatic nitrogens is 4. The summed E-state index contributed by atoms with van der Waals surface area (Å²) in [7, 11) is 1.26. The van der Waals surface area contributed by atoms with E-state index in [9.17, 15) is 19.6 Å². The number of nitrogens with zero attached hydrogens (tertiary/aromatic N) is 5. The molecule has 2 fully saturated rings. The number of likely N-dealkylation sites (tertiary alicyclic amines) is 2. The van der Waals surface area contributed by atoms with E-state index in [-0.39, 0.29) is 36.2 Å². The first kappa shape index (κ1) is 37.4. The minimum absolute atomic E-state index is 0.00363. The van der Waals surface area contributed by atoms with Crippen LogP contribution in [0.3, 0.4) is 0 Å². The number of ether oxygens (including phenoxy) is 1. The zero-order valence-electron chi connectivity index (χ0n) is 32.0. The van der Waals surface area contributed by atoms with Crippen LogP contribution in [0.25, 0.3) is 44.4 Å². The molecule has 3 aromatic carbocycles. The number of nitriles is 1. The summed E-state index contributed by atoms with van der Waals surface area (Å²) in [5.41, 5.74) is 5.90. The molecule has 12 heteroatoms. The van der Waals surface area contributed by atoms with Gasteiger partial charge in [-0.15, -0.1) is 0 Å². The molecule has 0 radical (unpaired) electrons. The number of methoxy groups -OCH3 is 1. The molecule has 5 aromatic rings. The smallest absolute Gasteiger partial charge is 0.407 e. The average molecular weight is 741 g/mol. The molecule has 0 bridgehead atoms. The lowest BCUT2D eigenvalue weighted by molar-refractivity contribution is -0.135. The van der Waals surface area contributed by atoms with Gasteiger partial charge in [0.15, 0.2) is 0 Å². The van der Waals surface area contributed by atoms with E-state index in [0.29, 0.717) is 24.6 Å². The highest BCUT2D eigenvalue weighted by atomic mass is 16.5. The van der Waals surface area contributed by atoms with Crippen molar-refractivity contribution in [2.75, 3.05) is 20.2 Å². The van der Waals surface area contributed by atoms with Crippen LogP contribution in [-0.2, 0) is 14.3 Å². The van der Waals surface area contributed by atoms with Gasteiger partial charge >= 0.3 is 6.09 Å². The van der Waals surface area contributed by atoms with Crippen molar-refractivity contribution >= 4 is 28.7 Å². The molecule has 4 atom stereocenters. The topological polar surface area (TPSA) is 160 Å². The van der Waals surface area contributed by atoms with Gasteiger partial charge in [-0.2, -0.15) is 5.26 Å². The first-order valence-corrected chi connectivity index (χ1v) is 19.1. The van der Waals surface area contributed by atoms with Gasteiger partial charge in [-0.05, 0) is 70.7 Å². The molecule has 7 rings (SSSR count). The first-order chi connectivity index (χ1) is 26.5. The van der Waals surface area contributed by atoms with Crippen molar-refractivity contribution in [2.45, 2.75) is 71.5 Å². The van der Waals surface area contributed by atoms with Crippen LogP contribution < -0.4 is 5.32 Å². The number of benzene rings is 3. The summed E-state index contributed by atoms with van der Waals surface area (Å²) in [6.45, 7) is 8.91. The summed E-state index contributed by atoms with van der Waals surface area (Å²) in [4.78, 5) is 58.5. The third-order valence-electron chi connectivity index (χ3n) is 10.8. The second-order valence-corrected chi connectivity index (χ2v) is 15.5. The van der Waals surface area contributed by atoms with Crippen molar-refractivity contribution in [1.82, 2.24) is 35.1 Å². The quantitative estimate of drug-likeness (QED) is 0.132. The molecule has 0 unspecified atom stereocenters. The van der Waals surface area contributed by atoms with Crippen LogP contribution in [0.4, 0.5) is 4.79 Å². The van der Waals surface area contributed by atoms with E-state index in [2.05, 4.69) is 88.7 Å². The Morgan fingerprint density at radius 1 is 0.855 bits per heavy atom. The van der Waals surface area contributed by atoms with E-state index in [1.807, 2.05) is 37.1 Å². The largest absolute Gasteiger partial charge is 0.453 e. The van der Waals surface area contributed by atoms with E-state index >= 15 is 0 Å². The van der Waals surface area contributed by atoms with Gasteiger partial charge in [0.25, 0.3) is 0 Å². The molecule has 3 amide bonds. The molecule has 0 spiro atoms. The molecule has 3 N–H and O–H groups in total. The maximum absolute atomic E-state index is 13.7. The Morgan fingerprint density at radius 2 is 1.45 bits per heavy atom. The van der Waals surface area contributed by atoms with Crippen molar-refractivity contribution < 1.29 is 19.1 Å². The molecular formula is C43H48N8O4. The van der Waals surface area contributed by atoms with E-state index in [1.54, 1.807) is 11.1 Å². The van der Waals surface area contributed by atoms with Gasteiger partial charge in [0.05, 0.1) is 55.0 Å². The number of hydrogen-bond donors (Lipinski definition) is 3. The van der Waals surface area contributed by atoms with Gasteiger partial charge in [0.2, 0.25) is 11.8 Å². The number of carbonyl (C=O) groups excluding carboxylic acids is 3. The number of carbonyl (C=O) groups is 3. The Labute approximate surface area is 321 Å². The van der Waals surface area contributed by atoms with E-state index in [4.69, 9.17) is 9.72 Å². The lowest BCUT2D eigenvalue weighted by Gasteiger charge is -2.29. The van der Waals surface area contributed by atoms with Gasteiger partial charge in [-0.1, -0.05) is 76.2 Å². The summed E-state index contributed by atoms with van der Waals surface area (Å²) in [6.07, 6.45) is 5.87. The maximum Gasteiger partial charge on any atom is 0.407 e. The fraction of sp³-hybridized carbons (Fsp3) is 0.395. The highest BCUT2D eigenvalue weighted by Gasteiger charge is 2.41. The SMILES string of the molecule is COC(=O)N[C@H](C(=O)N1C[C@@H](C#N)C[C@H]1c1ncc(-c2ccc(-c3ccc4cc(-c5cnc([C@@H]6CCCN6C(=O)CC(C)C)[nH]5)ccc4c3)cc2)[nH]1)C(C)C. The van der Waals surface area contributed by atoms with Crippen LogP contribution in [0.5, 0.6) is 0 Å². The van der Waals surface area contributed by atoms with E-state index in [1.165, 1.54) is 7.11 Å². The predicted molar refractivity (Wildman–Crippen MR) is 210 cm³/mol. The van der Waals surface area contributed by atoms with Crippen molar-refractivity contribution in [2.24, 2.45) is 17.8 Å². The summed E-state index contributed by atoms with van der Waals surface area (Å²) < 4.78 is 4.75. The molecule has 2 aliphatic rings. The van der Waals surface area contributed by atoms with Gasteiger partial charge in [-0.3, -0.25) is 9.59 Å². The number of imidazole rings is 2. The number of alkyl carbamates (subject to hydrolysis) is 1. The monoisotopic (exact) mass is 740 g/mol. The third-order valence-corrected chi connectivity index (χ3v) is 10.8. The lowest BCUT2D eigenvalue weighted by atomic mass is 9.98. The molecule has 284 valence electrons. The fourth-order valence-corrected chi connectivity index (χ4v) is 7.87. The molecule has 0 saturated carbocycles. The first-order valence-electron chi connectivity index (χ1n) is 19.1. The molecule has 0 aliphatic carbocycles. The van der Waals surface area contributed by atoms with Gasteiger partial charge in [0.1, 0.15) is 17.7 Å². The number of rotatable bonds is 10. The van der Waals surface area contributed by atoms with Crippen LogP contribution in [0.2, 0.25) is 0 Å². The van der Waals surface area contributed by atoms with Gasteiger partial charge < -0.3 is 29.8 Å². The zero-order chi connectivity index (χ0) is 38.8. The van der Waals surface area contributed by atoms with Crippen LogP contribution in [0, 0.1) is 29.1 Å².